The van der Waals surface area contributed by atoms with Crippen molar-refractivity contribution in [1.82, 2.24) is 14.1 Å². The van der Waals surface area contributed by atoms with Crippen molar-refractivity contribution in [3.05, 3.63) is 59.7 Å². The molecule has 0 saturated carbocycles. The number of aromatic nitrogens is 3. The number of nitrogens with zero attached hydrogens (tertiary/aromatic N) is 3. The van der Waals surface area contributed by atoms with Crippen LogP contribution < -0.4 is 5.73 Å². The molecule has 7 nitrogen and oxygen atoms in total. The lowest BCUT2D eigenvalue weighted by Gasteiger charge is -2.07. The van der Waals surface area contributed by atoms with Gasteiger partial charge in [-0.25, -0.2) is 9.78 Å². The second-order valence-corrected chi connectivity index (χ2v) is 6.72. The number of aryl methyl sites for hydroxylation is 2. The van der Waals surface area contributed by atoms with E-state index >= 15 is 0 Å². The molecule has 2 N–H and O–H groups in total. The van der Waals surface area contributed by atoms with Gasteiger partial charge >= 0.3 is 5.97 Å². The number of nitrogens with two attached hydrogens (primary N) is 1. The predicted octanol–water partition coefficient (Wildman–Crippen LogP) is 3.71. The third kappa shape index (κ3) is 4.08. The maximum atomic E-state index is 12.9. The molecule has 0 amide bonds. The van der Waals surface area contributed by atoms with Gasteiger partial charge in [0.1, 0.15) is 11.4 Å². The second-order valence-electron chi connectivity index (χ2n) is 6.72. The van der Waals surface area contributed by atoms with E-state index in [-0.39, 0.29) is 30.2 Å². The molecule has 0 aliphatic rings. The highest BCUT2D eigenvalue weighted by Gasteiger charge is 2.25. The van der Waals surface area contributed by atoms with Crippen molar-refractivity contribution in [2.45, 2.75) is 40.3 Å². The standard InChI is InChI=1S/C22H26N4O3/c1-4-25-13-17(19(21(25)23)22(28)29-5-2)18(27)11-12-26-14-24-20(15(26)3)16-9-7-6-8-10-16/h6-10,13-14H,4-5,11-12,23H2,1-3H3. The molecule has 3 rings (SSSR count). The van der Waals surface area contributed by atoms with Crippen LogP contribution >= 0.6 is 0 Å². The van der Waals surface area contributed by atoms with E-state index < -0.39 is 5.97 Å². The fraction of sp³-hybridized carbons (Fsp3) is 0.318. The number of carbonyl (C=O) groups excluding carboxylic acids is 2. The first-order chi connectivity index (χ1) is 14.0. The van der Waals surface area contributed by atoms with Crippen molar-refractivity contribution < 1.29 is 14.3 Å². The van der Waals surface area contributed by atoms with Crippen LogP contribution in [0.5, 0.6) is 0 Å². The summed E-state index contributed by atoms with van der Waals surface area (Å²) < 4.78 is 8.73. The number of rotatable bonds is 8. The number of carbonyl (C=O) groups is 2. The molecule has 3 aromatic rings. The summed E-state index contributed by atoms with van der Waals surface area (Å²) in [7, 11) is 0. The Kier molecular flexibility index (Phi) is 6.16. The summed E-state index contributed by atoms with van der Waals surface area (Å²) in [6, 6.07) is 9.91. The molecule has 0 unspecified atom stereocenters. The minimum absolute atomic E-state index is 0.152. The summed E-state index contributed by atoms with van der Waals surface area (Å²) in [5.41, 5.74) is 9.46. The Morgan fingerprint density at radius 2 is 1.86 bits per heavy atom. The Labute approximate surface area is 170 Å². The second kappa shape index (κ2) is 8.77. The molecule has 29 heavy (non-hydrogen) atoms. The molecule has 0 spiro atoms. The van der Waals surface area contributed by atoms with E-state index in [1.54, 1.807) is 24.0 Å². The fourth-order valence-electron chi connectivity index (χ4n) is 3.37. The molecule has 0 atom stereocenters. The minimum Gasteiger partial charge on any atom is -0.462 e. The van der Waals surface area contributed by atoms with Gasteiger partial charge in [0.25, 0.3) is 0 Å². The summed E-state index contributed by atoms with van der Waals surface area (Å²) in [6.45, 7) is 6.85. The van der Waals surface area contributed by atoms with Crippen LogP contribution in [-0.2, 0) is 17.8 Å². The van der Waals surface area contributed by atoms with E-state index in [0.717, 1.165) is 17.0 Å². The summed E-state index contributed by atoms with van der Waals surface area (Å²) in [5, 5.41) is 0. The Bertz CT molecular complexity index is 1020. The van der Waals surface area contributed by atoms with Crippen LogP contribution in [0, 0.1) is 6.92 Å². The molecule has 0 bridgehead atoms. The minimum atomic E-state index is -0.564. The van der Waals surface area contributed by atoms with E-state index in [0.29, 0.717) is 18.7 Å². The number of nitrogen functional groups attached to an aromatic ring is 1. The van der Waals surface area contributed by atoms with Crippen molar-refractivity contribution in [3.63, 3.8) is 0 Å². The Morgan fingerprint density at radius 1 is 1.14 bits per heavy atom. The zero-order valence-electron chi connectivity index (χ0n) is 17.0. The Balaban J connectivity index is 1.80. The third-order valence-electron chi connectivity index (χ3n) is 4.97. The van der Waals surface area contributed by atoms with Crippen molar-refractivity contribution in [2.24, 2.45) is 0 Å². The monoisotopic (exact) mass is 394 g/mol. The highest BCUT2D eigenvalue weighted by Crippen LogP contribution is 2.24. The molecule has 0 radical (unpaired) electrons. The van der Waals surface area contributed by atoms with Gasteiger partial charge in [0.2, 0.25) is 0 Å². The van der Waals surface area contributed by atoms with E-state index in [4.69, 9.17) is 10.5 Å². The van der Waals surface area contributed by atoms with Gasteiger partial charge in [-0.15, -0.1) is 0 Å². The number of anilines is 1. The van der Waals surface area contributed by atoms with Crippen molar-refractivity contribution >= 4 is 17.6 Å². The summed E-state index contributed by atoms with van der Waals surface area (Å²) in [5.74, 6) is -0.452. The fourth-order valence-corrected chi connectivity index (χ4v) is 3.37. The zero-order chi connectivity index (χ0) is 21.0. The van der Waals surface area contributed by atoms with Crippen LogP contribution in [-0.4, -0.2) is 32.5 Å². The first-order valence-electron chi connectivity index (χ1n) is 9.73. The first kappa shape index (κ1) is 20.4. The van der Waals surface area contributed by atoms with Gasteiger partial charge in [0, 0.05) is 37.0 Å². The smallest absolute Gasteiger partial charge is 0.342 e. The molecule has 0 aliphatic carbocycles. The van der Waals surface area contributed by atoms with Crippen LogP contribution in [0.4, 0.5) is 5.82 Å². The van der Waals surface area contributed by atoms with Crippen LogP contribution in [0.25, 0.3) is 11.3 Å². The number of benzene rings is 1. The van der Waals surface area contributed by atoms with Crippen LogP contribution in [0.2, 0.25) is 0 Å². The molecule has 2 aromatic heterocycles. The van der Waals surface area contributed by atoms with E-state index in [1.807, 2.05) is 48.7 Å². The van der Waals surface area contributed by atoms with E-state index in [9.17, 15) is 9.59 Å². The van der Waals surface area contributed by atoms with Gasteiger partial charge < -0.3 is 19.6 Å². The maximum absolute atomic E-state index is 12.9. The van der Waals surface area contributed by atoms with Crippen LogP contribution in [0.3, 0.4) is 0 Å². The molecule has 0 fully saturated rings. The molecule has 0 aliphatic heterocycles. The van der Waals surface area contributed by atoms with Crippen molar-refractivity contribution in [3.8, 4) is 11.3 Å². The quantitative estimate of drug-likeness (QED) is 0.464. The lowest BCUT2D eigenvalue weighted by atomic mass is 10.1. The average Bonchev–Trinajstić information content (AvgIpc) is 3.26. The highest BCUT2D eigenvalue weighted by molar-refractivity contribution is 6.09. The Morgan fingerprint density at radius 3 is 2.52 bits per heavy atom. The van der Waals surface area contributed by atoms with Gasteiger partial charge in [-0.1, -0.05) is 30.3 Å². The lowest BCUT2D eigenvalue weighted by molar-refractivity contribution is 0.0524. The molecular formula is C22H26N4O3. The largest absolute Gasteiger partial charge is 0.462 e. The SMILES string of the molecule is CCOC(=O)c1c(C(=O)CCn2cnc(-c3ccccc3)c2C)cn(CC)c1N. The Hall–Kier alpha value is -3.35. The lowest BCUT2D eigenvalue weighted by Crippen LogP contribution is -2.13. The molecule has 152 valence electrons. The number of esters is 1. The van der Waals surface area contributed by atoms with Gasteiger partial charge in [-0.2, -0.15) is 0 Å². The average molecular weight is 394 g/mol. The van der Waals surface area contributed by atoms with Crippen molar-refractivity contribution in [1.29, 1.82) is 0 Å². The third-order valence-corrected chi connectivity index (χ3v) is 4.97. The van der Waals surface area contributed by atoms with Crippen LogP contribution in [0.15, 0.2) is 42.9 Å². The van der Waals surface area contributed by atoms with Crippen LogP contribution in [0.1, 0.15) is 46.7 Å². The van der Waals surface area contributed by atoms with Crippen molar-refractivity contribution in [2.75, 3.05) is 12.3 Å². The highest BCUT2D eigenvalue weighted by atomic mass is 16.5. The van der Waals surface area contributed by atoms with Gasteiger partial charge in [0.05, 0.1) is 24.2 Å². The molecule has 7 heteroatoms. The molecule has 0 saturated heterocycles. The normalized spacial score (nSPS) is 10.9. The number of hydrogen-bond acceptors (Lipinski definition) is 5. The summed E-state index contributed by atoms with van der Waals surface area (Å²) >= 11 is 0. The number of hydrogen-bond donors (Lipinski definition) is 1. The van der Waals surface area contributed by atoms with E-state index in [1.165, 1.54) is 0 Å². The van der Waals surface area contributed by atoms with Gasteiger partial charge in [-0.3, -0.25) is 4.79 Å². The topological polar surface area (TPSA) is 92.1 Å². The van der Waals surface area contributed by atoms with E-state index in [2.05, 4.69) is 4.98 Å². The molecular weight excluding hydrogens is 368 g/mol. The predicted molar refractivity (Wildman–Crippen MR) is 112 cm³/mol. The molecule has 1 aromatic carbocycles. The maximum Gasteiger partial charge on any atom is 0.342 e. The summed E-state index contributed by atoms with van der Waals surface area (Å²) in [4.78, 5) is 29.7. The first-order valence-corrected chi connectivity index (χ1v) is 9.73. The number of Topliss-reactive ketones (excluding diaryl/α,β-unsaturated/α-hetero) is 1. The summed E-state index contributed by atoms with van der Waals surface area (Å²) in [6.07, 6.45) is 3.61. The van der Waals surface area contributed by atoms with Gasteiger partial charge in [0.15, 0.2) is 5.78 Å². The number of ketones is 1. The molecule has 2 heterocycles. The zero-order valence-corrected chi connectivity index (χ0v) is 17.0. The number of ether oxygens (including phenoxy) is 1. The van der Waals surface area contributed by atoms with Gasteiger partial charge in [-0.05, 0) is 20.8 Å². The number of imidazole rings is 1.